The maximum Gasteiger partial charge on any atom is 0.407 e. The monoisotopic (exact) mass is 296 g/mol. The van der Waals surface area contributed by atoms with Gasteiger partial charge in [0.2, 0.25) is 5.91 Å². The predicted molar refractivity (Wildman–Crippen MR) is 78.9 cm³/mol. The lowest BCUT2D eigenvalue weighted by atomic mass is 10.2. The summed E-state index contributed by atoms with van der Waals surface area (Å²) in [6.07, 6.45) is 3.45. The Labute approximate surface area is 125 Å². The number of amides is 2. The van der Waals surface area contributed by atoms with Crippen LogP contribution in [0.25, 0.3) is 0 Å². The number of aromatic nitrogens is 2. The highest BCUT2D eigenvalue weighted by Gasteiger charge is 2.16. The Morgan fingerprint density at radius 2 is 2.05 bits per heavy atom. The zero-order valence-corrected chi connectivity index (χ0v) is 13.3. The molecule has 1 N–H and O–H groups in total. The first-order chi connectivity index (χ1) is 9.69. The molecule has 0 saturated carbocycles. The highest BCUT2D eigenvalue weighted by Crippen LogP contribution is 2.06. The van der Waals surface area contributed by atoms with Crippen LogP contribution in [-0.4, -0.2) is 52.7 Å². The molecule has 1 aromatic rings. The molecule has 0 aromatic carbocycles. The Morgan fingerprint density at radius 3 is 2.62 bits per heavy atom. The van der Waals surface area contributed by atoms with Gasteiger partial charge in [0.15, 0.2) is 0 Å². The van der Waals surface area contributed by atoms with Crippen LogP contribution >= 0.6 is 0 Å². The van der Waals surface area contributed by atoms with Crippen LogP contribution in [0.4, 0.5) is 4.79 Å². The fraction of sp³-hybridized carbons (Fsp3) is 0.643. The fourth-order valence-corrected chi connectivity index (χ4v) is 1.59. The van der Waals surface area contributed by atoms with Crippen LogP contribution in [0.3, 0.4) is 0 Å². The number of likely N-dealkylation sites (N-methyl/N-ethyl adjacent to an activating group) is 1. The van der Waals surface area contributed by atoms with Crippen LogP contribution in [0.2, 0.25) is 0 Å². The van der Waals surface area contributed by atoms with Crippen molar-refractivity contribution in [3.63, 3.8) is 0 Å². The van der Waals surface area contributed by atoms with E-state index in [0.29, 0.717) is 13.0 Å². The number of hydrogen-bond donors (Lipinski definition) is 1. The largest absolute Gasteiger partial charge is 0.444 e. The van der Waals surface area contributed by atoms with Crippen LogP contribution in [0.1, 0.15) is 26.5 Å². The van der Waals surface area contributed by atoms with Gasteiger partial charge in [-0.3, -0.25) is 4.79 Å². The molecule has 0 bridgehead atoms. The maximum atomic E-state index is 11.7. The van der Waals surface area contributed by atoms with Gasteiger partial charge in [-0.2, -0.15) is 0 Å². The van der Waals surface area contributed by atoms with Crippen LogP contribution in [0.5, 0.6) is 0 Å². The van der Waals surface area contributed by atoms with Crippen molar-refractivity contribution in [3.8, 4) is 0 Å². The van der Waals surface area contributed by atoms with E-state index in [9.17, 15) is 9.59 Å². The third kappa shape index (κ3) is 6.29. The minimum atomic E-state index is -0.510. The molecule has 0 aliphatic heterocycles. The van der Waals surface area contributed by atoms with Crippen molar-refractivity contribution in [2.24, 2.45) is 0 Å². The average Bonchev–Trinajstić information content (AvgIpc) is 2.74. The van der Waals surface area contributed by atoms with Crippen LogP contribution in [0, 0.1) is 0 Å². The molecule has 7 nitrogen and oxygen atoms in total. The van der Waals surface area contributed by atoms with Crippen molar-refractivity contribution < 1.29 is 14.3 Å². The van der Waals surface area contributed by atoms with E-state index in [1.807, 2.05) is 20.8 Å². The van der Waals surface area contributed by atoms with Crippen LogP contribution < -0.4 is 5.32 Å². The second-order valence-corrected chi connectivity index (χ2v) is 5.98. The molecule has 1 aromatic heterocycles. The summed E-state index contributed by atoms with van der Waals surface area (Å²) < 4.78 is 6.93. The van der Waals surface area contributed by atoms with Crippen molar-refractivity contribution in [1.82, 2.24) is 19.8 Å². The Bertz CT molecular complexity index is 489. The molecule has 0 aliphatic carbocycles. The standard InChI is InChI=1S/C14H24N4O3/c1-14(2,3)21-13(20)16-7-6-11-8-15-10-18(11)9-12(19)17(4)5/h8,10H,6-7,9H2,1-5H3,(H,16,20). The Hall–Kier alpha value is -2.05. The van der Waals surface area contributed by atoms with E-state index in [1.54, 1.807) is 31.2 Å². The molecule has 0 radical (unpaired) electrons. The number of hydrogen-bond acceptors (Lipinski definition) is 4. The van der Waals surface area contributed by atoms with E-state index in [2.05, 4.69) is 10.3 Å². The van der Waals surface area contributed by atoms with E-state index < -0.39 is 11.7 Å². The van der Waals surface area contributed by atoms with Crippen molar-refractivity contribution >= 4 is 12.0 Å². The van der Waals surface area contributed by atoms with Gasteiger partial charge < -0.3 is 19.5 Å². The van der Waals surface area contributed by atoms with Gasteiger partial charge in [0, 0.05) is 39.0 Å². The molecule has 2 amide bonds. The van der Waals surface area contributed by atoms with E-state index in [0.717, 1.165) is 5.69 Å². The van der Waals surface area contributed by atoms with Crippen LogP contribution in [-0.2, 0) is 22.5 Å². The van der Waals surface area contributed by atoms with E-state index in [-0.39, 0.29) is 12.5 Å². The topological polar surface area (TPSA) is 76.5 Å². The lowest BCUT2D eigenvalue weighted by Crippen LogP contribution is -2.34. The molecule has 0 saturated heterocycles. The Morgan fingerprint density at radius 1 is 1.38 bits per heavy atom. The lowest BCUT2D eigenvalue weighted by Gasteiger charge is -2.19. The summed E-state index contributed by atoms with van der Waals surface area (Å²) in [5, 5.41) is 2.68. The van der Waals surface area contributed by atoms with Crippen LogP contribution in [0.15, 0.2) is 12.5 Å². The molecular weight excluding hydrogens is 272 g/mol. The molecule has 0 aliphatic rings. The summed E-state index contributed by atoms with van der Waals surface area (Å²) in [5.41, 5.74) is 0.380. The number of carbonyl (C=O) groups is 2. The van der Waals surface area contributed by atoms with E-state index >= 15 is 0 Å². The number of alkyl carbamates (subject to hydrolysis) is 1. The van der Waals surface area contributed by atoms with E-state index in [4.69, 9.17) is 4.74 Å². The second-order valence-electron chi connectivity index (χ2n) is 5.98. The molecule has 0 fully saturated rings. The molecule has 0 atom stereocenters. The molecule has 21 heavy (non-hydrogen) atoms. The predicted octanol–water partition coefficient (Wildman–Crippen LogP) is 1.04. The number of nitrogens with one attached hydrogen (secondary N) is 1. The molecular formula is C14H24N4O3. The van der Waals surface area contributed by atoms with Gasteiger partial charge >= 0.3 is 6.09 Å². The minimum Gasteiger partial charge on any atom is -0.444 e. The average molecular weight is 296 g/mol. The van der Waals surface area contributed by atoms with Gasteiger partial charge in [-0.1, -0.05) is 0 Å². The van der Waals surface area contributed by atoms with Crippen molar-refractivity contribution in [3.05, 3.63) is 18.2 Å². The number of carbonyl (C=O) groups excluding carboxylic acids is 2. The first-order valence-electron chi connectivity index (χ1n) is 6.85. The van der Waals surface area contributed by atoms with E-state index in [1.165, 1.54) is 4.90 Å². The summed E-state index contributed by atoms with van der Waals surface area (Å²) in [4.78, 5) is 28.8. The molecule has 0 unspecified atom stereocenters. The van der Waals surface area contributed by atoms with Gasteiger partial charge in [0.05, 0.1) is 6.33 Å². The quantitative estimate of drug-likeness (QED) is 0.880. The summed E-state index contributed by atoms with van der Waals surface area (Å²) in [6.45, 7) is 6.11. The number of nitrogens with zero attached hydrogens (tertiary/aromatic N) is 3. The van der Waals surface area contributed by atoms with Gasteiger partial charge in [0.25, 0.3) is 0 Å². The van der Waals surface area contributed by atoms with Gasteiger partial charge in [-0.25, -0.2) is 9.78 Å². The first-order valence-corrected chi connectivity index (χ1v) is 6.85. The number of ether oxygens (including phenoxy) is 1. The summed E-state index contributed by atoms with van der Waals surface area (Å²) in [7, 11) is 3.42. The number of rotatable bonds is 5. The summed E-state index contributed by atoms with van der Waals surface area (Å²) in [5.74, 6) is -0.00523. The fourth-order valence-electron chi connectivity index (χ4n) is 1.59. The lowest BCUT2D eigenvalue weighted by molar-refractivity contribution is -0.129. The molecule has 1 heterocycles. The summed E-state index contributed by atoms with van der Waals surface area (Å²) >= 11 is 0. The van der Waals surface area contributed by atoms with Gasteiger partial charge in [-0.15, -0.1) is 0 Å². The van der Waals surface area contributed by atoms with Crippen molar-refractivity contribution in [2.75, 3.05) is 20.6 Å². The van der Waals surface area contributed by atoms with Crippen molar-refractivity contribution in [2.45, 2.75) is 39.3 Å². The first kappa shape index (κ1) is 17.0. The van der Waals surface area contributed by atoms with Crippen molar-refractivity contribution in [1.29, 1.82) is 0 Å². The zero-order chi connectivity index (χ0) is 16.0. The van der Waals surface area contributed by atoms with Gasteiger partial charge in [-0.05, 0) is 20.8 Å². The minimum absolute atomic E-state index is 0.00523. The second kappa shape index (κ2) is 7.10. The molecule has 7 heteroatoms. The smallest absolute Gasteiger partial charge is 0.407 e. The molecule has 118 valence electrons. The van der Waals surface area contributed by atoms with Gasteiger partial charge in [0.1, 0.15) is 12.1 Å². The third-order valence-electron chi connectivity index (χ3n) is 2.65. The third-order valence-corrected chi connectivity index (χ3v) is 2.65. The molecule has 0 spiro atoms. The summed E-state index contributed by atoms with van der Waals surface area (Å²) in [6, 6.07) is 0. The Kier molecular flexibility index (Phi) is 5.75. The highest BCUT2D eigenvalue weighted by molar-refractivity contribution is 5.75. The zero-order valence-electron chi connectivity index (χ0n) is 13.3. The molecule has 1 rings (SSSR count). The normalized spacial score (nSPS) is 11.1. The SMILES string of the molecule is CN(C)C(=O)Cn1cncc1CCNC(=O)OC(C)(C)C. The maximum absolute atomic E-state index is 11.7. The Balaban J connectivity index is 2.45. The highest BCUT2D eigenvalue weighted by atomic mass is 16.6. The number of imidazole rings is 1.